The summed E-state index contributed by atoms with van der Waals surface area (Å²) in [6.45, 7) is 0. The van der Waals surface area contributed by atoms with Gasteiger partial charge in [0.2, 0.25) is 0 Å². The van der Waals surface area contributed by atoms with Gasteiger partial charge in [-0.15, -0.1) is 0 Å². The first kappa shape index (κ1) is 9.38. The molecule has 0 atom stereocenters. The summed E-state index contributed by atoms with van der Waals surface area (Å²) in [4.78, 5) is 0. The van der Waals surface area contributed by atoms with Gasteiger partial charge in [0, 0.05) is 11.1 Å². The lowest BCUT2D eigenvalue weighted by Crippen LogP contribution is -2.05. The average Bonchev–Trinajstić information content (AvgIpc) is 2.27. The minimum atomic E-state index is 0.959. The highest BCUT2D eigenvalue weighted by molar-refractivity contribution is 5.53. The van der Waals surface area contributed by atoms with E-state index in [4.69, 9.17) is 9.47 Å². The highest BCUT2D eigenvalue weighted by Gasteiger charge is 2.17. The molecular weight excluding hydrogens is 176 g/mol. The van der Waals surface area contributed by atoms with Crippen molar-refractivity contribution in [2.45, 2.75) is 19.3 Å². The molecule has 2 heteroatoms. The van der Waals surface area contributed by atoms with Gasteiger partial charge in [-0.2, -0.15) is 0 Å². The maximum Gasteiger partial charge on any atom is 0.122 e. The Morgan fingerprint density at radius 1 is 1.07 bits per heavy atom. The van der Waals surface area contributed by atoms with Gasteiger partial charge in [0.05, 0.1) is 14.2 Å². The third-order valence-corrected chi connectivity index (χ3v) is 2.69. The van der Waals surface area contributed by atoms with E-state index in [1.165, 1.54) is 17.5 Å². The average molecular weight is 191 g/mol. The maximum atomic E-state index is 5.34. The second-order valence-electron chi connectivity index (χ2n) is 3.46. The Kier molecular flexibility index (Phi) is 2.62. The summed E-state index contributed by atoms with van der Waals surface area (Å²) in [7, 11) is 3.43. The molecule has 1 aromatic rings. The molecule has 75 valence electrons. The predicted molar refractivity (Wildman–Crippen MR) is 55.9 cm³/mol. The summed E-state index contributed by atoms with van der Waals surface area (Å²) in [5.41, 5.74) is 2.51. The number of fused-ring (bicyclic) bond motifs is 1. The fourth-order valence-electron chi connectivity index (χ4n) is 2.00. The fraction of sp³-hybridized carbons (Fsp3) is 0.417. The molecule has 1 aliphatic carbocycles. The Morgan fingerprint density at radius 3 is 2.50 bits per heavy atom. The quantitative estimate of drug-likeness (QED) is 0.715. The van der Waals surface area contributed by atoms with Crippen LogP contribution in [0.15, 0.2) is 12.1 Å². The van der Waals surface area contributed by atoms with Crippen LogP contribution in [0.25, 0.3) is 0 Å². The van der Waals surface area contributed by atoms with Gasteiger partial charge in [-0.25, -0.2) is 0 Å². The van der Waals surface area contributed by atoms with Gasteiger partial charge >= 0.3 is 0 Å². The van der Waals surface area contributed by atoms with Crippen molar-refractivity contribution in [1.29, 1.82) is 0 Å². The number of rotatable bonds is 2. The molecule has 0 saturated carbocycles. The van der Waals surface area contributed by atoms with E-state index < -0.39 is 0 Å². The smallest absolute Gasteiger partial charge is 0.122 e. The normalized spacial score (nSPS) is 14.7. The van der Waals surface area contributed by atoms with Gasteiger partial charge in [-0.05, 0) is 37.8 Å². The van der Waals surface area contributed by atoms with Crippen LogP contribution in [0.5, 0.6) is 11.5 Å². The molecule has 0 aliphatic heterocycles. The third kappa shape index (κ3) is 1.45. The second-order valence-corrected chi connectivity index (χ2v) is 3.46. The van der Waals surface area contributed by atoms with E-state index in [1.807, 2.05) is 12.1 Å². The molecule has 1 radical (unpaired) electrons. The van der Waals surface area contributed by atoms with Gasteiger partial charge in [0.25, 0.3) is 0 Å². The van der Waals surface area contributed by atoms with Crippen LogP contribution in [-0.4, -0.2) is 14.2 Å². The van der Waals surface area contributed by atoms with Gasteiger partial charge in [-0.1, -0.05) is 0 Å². The van der Waals surface area contributed by atoms with Crippen LogP contribution in [-0.2, 0) is 6.42 Å². The number of hydrogen-bond acceptors (Lipinski definition) is 2. The Bertz CT molecular complexity index is 298. The molecule has 0 unspecified atom stereocenters. The molecule has 0 spiro atoms. The molecule has 0 saturated heterocycles. The summed E-state index contributed by atoms with van der Waals surface area (Å²) >= 11 is 0. The molecule has 2 rings (SSSR count). The van der Waals surface area contributed by atoms with E-state index in [1.54, 1.807) is 14.2 Å². The molecule has 0 N–H and O–H groups in total. The van der Waals surface area contributed by atoms with E-state index >= 15 is 0 Å². The highest BCUT2D eigenvalue weighted by Crippen LogP contribution is 2.36. The van der Waals surface area contributed by atoms with Crippen LogP contribution in [0.2, 0.25) is 0 Å². The van der Waals surface area contributed by atoms with Crippen LogP contribution < -0.4 is 9.47 Å². The zero-order valence-corrected chi connectivity index (χ0v) is 8.67. The van der Waals surface area contributed by atoms with Gasteiger partial charge in [-0.3, -0.25) is 0 Å². The lowest BCUT2D eigenvalue weighted by molar-refractivity contribution is 0.394. The van der Waals surface area contributed by atoms with Crippen molar-refractivity contribution in [3.05, 3.63) is 29.7 Å². The first-order valence-electron chi connectivity index (χ1n) is 4.94. The Hall–Kier alpha value is -1.18. The third-order valence-electron chi connectivity index (χ3n) is 2.69. The fourth-order valence-corrected chi connectivity index (χ4v) is 2.00. The molecule has 0 aromatic heterocycles. The van der Waals surface area contributed by atoms with Gasteiger partial charge in [0.15, 0.2) is 0 Å². The maximum absolute atomic E-state index is 5.34. The highest BCUT2D eigenvalue weighted by atomic mass is 16.5. The summed E-state index contributed by atoms with van der Waals surface area (Å²) in [5.74, 6) is 1.94. The molecule has 0 bridgehead atoms. The number of methoxy groups -OCH3 is 2. The lowest BCUT2D eigenvalue weighted by atomic mass is 9.90. The van der Waals surface area contributed by atoms with Crippen molar-refractivity contribution in [2.75, 3.05) is 14.2 Å². The standard InChI is InChI=1S/C12H15O2/c1-13-11-7-8-12(14-2)10-6-4-3-5-9(10)11/h5,7-8H,3-4,6H2,1-2H3. The molecule has 1 aromatic carbocycles. The predicted octanol–water partition coefficient (Wildman–Crippen LogP) is 2.59. The van der Waals surface area contributed by atoms with E-state index in [2.05, 4.69) is 6.42 Å². The molecule has 0 amide bonds. The van der Waals surface area contributed by atoms with Crippen molar-refractivity contribution >= 4 is 0 Å². The minimum Gasteiger partial charge on any atom is -0.496 e. The molecular formula is C12H15O2. The SMILES string of the molecule is COc1ccc(OC)c2c1[CH]CCC2. The number of ether oxygens (including phenoxy) is 2. The zero-order chi connectivity index (χ0) is 9.97. The minimum absolute atomic E-state index is 0.959. The van der Waals surface area contributed by atoms with Crippen LogP contribution in [0.4, 0.5) is 0 Å². The van der Waals surface area contributed by atoms with E-state index in [9.17, 15) is 0 Å². The Morgan fingerprint density at radius 2 is 1.79 bits per heavy atom. The monoisotopic (exact) mass is 191 g/mol. The Labute approximate surface area is 84.8 Å². The summed E-state index contributed by atoms with van der Waals surface area (Å²) < 4.78 is 10.7. The van der Waals surface area contributed by atoms with E-state index in [0.717, 1.165) is 24.3 Å². The molecule has 2 nitrogen and oxygen atoms in total. The van der Waals surface area contributed by atoms with Crippen LogP contribution in [0.1, 0.15) is 24.0 Å². The number of benzene rings is 1. The first-order chi connectivity index (χ1) is 6.86. The first-order valence-corrected chi connectivity index (χ1v) is 4.94. The van der Waals surface area contributed by atoms with Crippen molar-refractivity contribution in [3.63, 3.8) is 0 Å². The lowest BCUT2D eigenvalue weighted by Gasteiger charge is -2.20. The van der Waals surface area contributed by atoms with Crippen molar-refractivity contribution < 1.29 is 9.47 Å². The van der Waals surface area contributed by atoms with Crippen LogP contribution >= 0.6 is 0 Å². The molecule has 14 heavy (non-hydrogen) atoms. The second kappa shape index (κ2) is 3.91. The summed E-state index contributed by atoms with van der Waals surface area (Å²) in [6, 6.07) is 3.95. The van der Waals surface area contributed by atoms with Crippen molar-refractivity contribution in [2.24, 2.45) is 0 Å². The van der Waals surface area contributed by atoms with E-state index in [0.29, 0.717) is 0 Å². The number of hydrogen-bond donors (Lipinski definition) is 0. The summed E-state index contributed by atoms with van der Waals surface area (Å²) in [5, 5.41) is 0. The van der Waals surface area contributed by atoms with Crippen LogP contribution in [0, 0.1) is 6.42 Å². The topological polar surface area (TPSA) is 18.5 Å². The van der Waals surface area contributed by atoms with Crippen LogP contribution in [0.3, 0.4) is 0 Å². The molecule has 0 fully saturated rings. The van der Waals surface area contributed by atoms with Crippen molar-refractivity contribution in [3.8, 4) is 11.5 Å². The van der Waals surface area contributed by atoms with E-state index in [-0.39, 0.29) is 0 Å². The summed E-state index contributed by atoms with van der Waals surface area (Å²) in [6.07, 6.45) is 5.67. The van der Waals surface area contributed by atoms with Crippen molar-refractivity contribution in [1.82, 2.24) is 0 Å². The zero-order valence-electron chi connectivity index (χ0n) is 8.67. The van der Waals surface area contributed by atoms with Gasteiger partial charge < -0.3 is 9.47 Å². The largest absolute Gasteiger partial charge is 0.496 e. The molecule has 1 aliphatic rings. The Balaban J connectivity index is 2.50. The van der Waals surface area contributed by atoms with Gasteiger partial charge in [0.1, 0.15) is 11.5 Å². The molecule has 0 heterocycles.